The molecule has 1 fully saturated rings. The summed E-state index contributed by atoms with van der Waals surface area (Å²) in [6.45, 7) is 3.71. The number of hydrogen-bond donors (Lipinski definition) is 2. The van der Waals surface area contributed by atoms with Gasteiger partial charge in [-0.3, -0.25) is 9.78 Å². The highest BCUT2D eigenvalue weighted by molar-refractivity contribution is 5.85. The van der Waals surface area contributed by atoms with E-state index in [2.05, 4.69) is 22.5 Å². The Morgan fingerprint density at radius 3 is 2.89 bits per heavy atom. The molecule has 1 aromatic rings. The number of amides is 1. The van der Waals surface area contributed by atoms with E-state index in [0.29, 0.717) is 12.5 Å². The number of carbonyl (C=O) groups excluding carboxylic acids is 1. The van der Waals surface area contributed by atoms with Gasteiger partial charge >= 0.3 is 0 Å². The third-order valence-corrected chi connectivity index (χ3v) is 3.20. The van der Waals surface area contributed by atoms with Crippen LogP contribution < -0.4 is 10.6 Å². The van der Waals surface area contributed by atoms with Crippen molar-refractivity contribution in [1.29, 1.82) is 0 Å². The second kappa shape index (κ2) is 7.34. The summed E-state index contributed by atoms with van der Waals surface area (Å²) < 4.78 is 0. The zero-order valence-corrected chi connectivity index (χ0v) is 11.4. The Morgan fingerprint density at radius 2 is 2.22 bits per heavy atom. The Kier molecular flexibility index (Phi) is 6.09. The van der Waals surface area contributed by atoms with Gasteiger partial charge in [-0.1, -0.05) is 6.92 Å². The molecular weight excluding hydrogens is 250 g/mol. The van der Waals surface area contributed by atoms with Gasteiger partial charge < -0.3 is 10.6 Å². The minimum atomic E-state index is -0.0272. The maximum Gasteiger partial charge on any atom is 0.237 e. The summed E-state index contributed by atoms with van der Waals surface area (Å²) in [5, 5.41) is 6.22. The van der Waals surface area contributed by atoms with Gasteiger partial charge in [0.2, 0.25) is 5.91 Å². The maximum atomic E-state index is 11.9. The molecule has 2 heterocycles. The third-order valence-electron chi connectivity index (χ3n) is 3.20. The van der Waals surface area contributed by atoms with Gasteiger partial charge in [0, 0.05) is 18.9 Å². The van der Waals surface area contributed by atoms with E-state index >= 15 is 0 Å². The summed E-state index contributed by atoms with van der Waals surface area (Å²) in [5.74, 6) is 0.737. The molecule has 1 aliphatic heterocycles. The Balaban J connectivity index is 0.00000162. The van der Waals surface area contributed by atoms with E-state index in [4.69, 9.17) is 0 Å². The number of carbonyl (C=O) groups is 1. The van der Waals surface area contributed by atoms with E-state index in [1.165, 1.54) is 0 Å². The summed E-state index contributed by atoms with van der Waals surface area (Å²) in [6, 6.07) is 3.80. The predicted molar refractivity (Wildman–Crippen MR) is 73.5 cm³/mol. The van der Waals surface area contributed by atoms with Gasteiger partial charge in [0.05, 0.1) is 6.04 Å². The fourth-order valence-electron chi connectivity index (χ4n) is 2.12. The molecule has 1 aromatic heterocycles. The van der Waals surface area contributed by atoms with Crippen molar-refractivity contribution in [2.75, 3.05) is 6.54 Å². The second-order valence-electron chi connectivity index (χ2n) is 4.71. The first-order valence-corrected chi connectivity index (χ1v) is 6.15. The van der Waals surface area contributed by atoms with Crippen molar-refractivity contribution < 1.29 is 4.79 Å². The number of hydrogen-bond acceptors (Lipinski definition) is 3. The lowest BCUT2D eigenvalue weighted by Gasteiger charge is -2.27. The number of aromatic nitrogens is 1. The Bertz CT molecular complexity index is 372. The largest absolute Gasteiger partial charge is 0.351 e. The van der Waals surface area contributed by atoms with Crippen LogP contribution >= 0.6 is 12.4 Å². The van der Waals surface area contributed by atoms with E-state index in [0.717, 1.165) is 24.9 Å². The number of rotatable bonds is 3. The molecule has 0 aromatic carbocycles. The van der Waals surface area contributed by atoms with Crippen molar-refractivity contribution in [2.24, 2.45) is 5.92 Å². The quantitative estimate of drug-likeness (QED) is 0.875. The van der Waals surface area contributed by atoms with Crippen molar-refractivity contribution in [3.8, 4) is 0 Å². The number of piperidine rings is 1. The van der Waals surface area contributed by atoms with Crippen LogP contribution in [0.5, 0.6) is 0 Å². The molecule has 1 saturated heterocycles. The Hall–Kier alpha value is -1.13. The van der Waals surface area contributed by atoms with Gasteiger partial charge in [-0.2, -0.15) is 0 Å². The van der Waals surface area contributed by atoms with Crippen molar-refractivity contribution in [2.45, 2.75) is 32.4 Å². The van der Waals surface area contributed by atoms with E-state index in [1.807, 2.05) is 12.1 Å². The van der Waals surface area contributed by atoms with Gasteiger partial charge in [-0.05, 0) is 43.0 Å². The molecule has 0 spiro atoms. The van der Waals surface area contributed by atoms with Gasteiger partial charge in [0.15, 0.2) is 0 Å². The van der Waals surface area contributed by atoms with Gasteiger partial charge in [0.25, 0.3) is 0 Å². The molecule has 2 rings (SSSR count). The topological polar surface area (TPSA) is 54.0 Å². The highest BCUT2D eigenvalue weighted by Crippen LogP contribution is 2.15. The van der Waals surface area contributed by atoms with Gasteiger partial charge in [-0.15, -0.1) is 12.4 Å². The number of halogens is 1. The number of pyridine rings is 1. The second-order valence-corrected chi connectivity index (χ2v) is 4.71. The number of nitrogens with zero attached hydrogens (tertiary/aromatic N) is 1. The summed E-state index contributed by atoms with van der Waals surface area (Å²) in [4.78, 5) is 15.9. The van der Waals surface area contributed by atoms with E-state index in [9.17, 15) is 4.79 Å². The molecule has 1 amide bonds. The van der Waals surface area contributed by atoms with E-state index in [1.54, 1.807) is 12.4 Å². The van der Waals surface area contributed by atoms with Crippen LogP contribution in [0.3, 0.4) is 0 Å². The van der Waals surface area contributed by atoms with Crippen LogP contribution in [0, 0.1) is 5.92 Å². The smallest absolute Gasteiger partial charge is 0.237 e. The predicted octanol–water partition coefficient (Wildman–Crippen LogP) is 1.51. The molecule has 100 valence electrons. The first kappa shape index (κ1) is 14.9. The monoisotopic (exact) mass is 269 g/mol. The van der Waals surface area contributed by atoms with Crippen LogP contribution in [0.2, 0.25) is 0 Å². The molecule has 2 unspecified atom stereocenters. The minimum Gasteiger partial charge on any atom is -0.351 e. The lowest BCUT2D eigenvalue weighted by Crippen LogP contribution is -2.48. The van der Waals surface area contributed by atoms with E-state index < -0.39 is 0 Å². The SMILES string of the molecule is CC1CCNC(C(=O)NCc2ccncc2)C1.Cl. The molecule has 1 aliphatic rings. The maximum absolute atomic E-state index is 11.9. The molecule has 0 radical (unpaired) electrons. The highest BCUT2D eigenvalue weighted by atomic mass is 35.5. The zero-order valence-electron chi connectivity index (χ0n) is 10.6. The van der Waals surface area contributed by atoms with Crippen LogP contribution in [0.15, 0.2) is 24.5 Å². The van der Waals surface area contributed by atoms with Gasteiger partial charge in [0.1, 0.15) is 0 Å². The zero-order chi connectivity index (χ0) is 12.1. The molecule has 2 atom stereocenters. The fourth-order valence-corrected chi connectivity index (χ4v) is 2.12. The number of nitrogens with one attached hydrogen (secondary N) is 2. The molecular formula is C13H20ClN3O. The first-order valence-electron chi connectivity index (χ1n) is 6.15. The molecule has 18 heavy (non-hydrogen) atoms. The standard InChI is InChI=1S/C13H19N3O.ClH/c1-10-2-7-15-12(8-10)13(17)16-9-11-3-5-14-6-4-11;/h3-6,10,12,15H,2,7-9H2,1H3,(H,16,17);1H. The average molecular weight is 270 g/mol. The van der Waals surface area contributed by atoms with Crippen molar-refractivity contribution in [3.63, 3.8) is 0 Å². The lowest BCUT2D eigenvalue weighted by atomic mass is 9.94. The molecule has 0 bridgehead atoms. The molecule has 0 aliphatic carbocycles. The average Bonchev–Trinajstić information content (AvgIpc) is 2.37. The molecule has 2 N–H and O–H groups in total. The minimum absolute atomic E-state index is 0. The van der Waals surface area contributed by atoms with Crippen LogP contribution in [0.25, 0.3) is 0 Å². The van der Waals surface area contributed by atoms with Crippen molar-refractivity contribution in [3.05, 3.63) is 30.1 Å². The lowest BCUT2D eigenvalue weighted by molar-refractivity contribution is -0.124. The highest BCUT2D eigenvalue weighted by Gasteiger charge is 2.23. The van der Waals surface area contributed by atoms with Crippen LogP contribution in [-0.2, 0) is 11.3 Å². The summed E-state index contributed by atoms with van der Waals surface area (Å²) in [7, 11) is 0. The Labute approximate surface area is 114 Å². The normalized spacial score (nSPS) is 22.9. The molecule has 5 heteroatoms. The first-order chi connectivity index (χ1) is 8.25. The van der Waals surface area contributed by atoms with Gasteiger partial charge in [-0.25, -0.2) is 0 Å². The van der Waals surface area contributed by atoms with Crippen LogP contribution in [0.4, 0.5) is 0 Å². The fraction of sp³-hybridized carbons (Fsp3) is 0.538. The molecule has 0 saturated carbocycles. The van der Waals surface area contributed by atoms with Crippen LogP contribution in [-0.4, -0.2) is 23.5 Å². The van der Waals surface area contributed by atoms with Crippen molar-refractivity contribution in [1.82, 2.24) is 15.6 Å². The summed E-state index contributed by atoms with van der Waals surface area (Å²) >= 11 is 0. The summed E-state index contributed by atoms with van der Waals surface area (Å²) in [6.07, 6.45) is 5.57. The Morgan fingerprint density at radius 1 is 1.50 bits per heavy atom. The molecule has 4 nitrogen and oxygen atoms in total. The van der Waals surface area contributed by atoms with E-state index in [-0.39, 0.29) is 24.4 Å². The third kappa shape index (κ3) is 4.27. The van der Waals surface area contributed by atoms with Crippen molar-refractivity contribution >= 4 is 18.3 Å². The van der Waals surface area contributed by atoms with Crippen LogP contribution in [0.1, 0.15) is 25.3 Å². The summed E-state index contributed by atoms with van der Waals surface area (Å²) in [5.41, 5.74) is 1.08.